The average molecular weight is 167 g/mol. The van der Waals surface area contributed by atoms with Gasteiger partial charge in [0.2, 0.25) is 0 Å². The maximum Gasteiger partial charge on any atom is 0.407 e. The molecule has 1 saturated heterocycles. The van der Waals surface area contributed by atoms with E-state index in [1.165, 1.54) is 0 Å². The summed E-state index contributed by atoms with van der Waals surface area (Å²) in [5, 5.41) is 2.76. The van der Waals surface area contributed by atoms with E-state index in [2.05, 4.69) is 11.9 Å². The van der Waals surface area contributed by atoms with Gasteiger partial charge in [0, 0.05) is 5.92 Å². The molecule has 3 atom stereocenters. The van der Waals surface area contributed by atoms with Crippen molar-refractivity contribution < 1.29 is 9.53 Å². The molecule has 3 nitrogen and oxygen atoms in total. The lowest BCUT2D eigenvalue weighted by atomic mass is 9.95. The predicted molar refractivity (Wildman–Crippen MR) is 44.7 cm³/mol. The molecule has 0 bridgehead atoms. The maximum atomic E-state index is 11.0. The van der Waals surface area contributed by atoms with Crippen molar-refractivity contribution in [2.45, 2.75) is 31.4 Å². The standard InChI is InChI=1S/C9H13NO2/c1-2-7-6-4-3-5-8(6)12-9(11)10-7/h2,6-8H,1,3-5H2,(H,10,11)/t6-,7?,8-/m0/s1. The molecule has 1 N–H and O–H groups in total. The minimum absolute atomic E-state index is 0.124. The van der Waals surface area contributed by atoms with Crippen molar-refractivity contribution in [1.29, 1.82) is 0 Å². The molecule has 2 fully saturated rings. The number of carbonyl (C=O) groups excluding carboxylic acids is 1. The summed E-state index contributed by atoms with van der Waals surface area (Å²) in [6, 6.07) is 0.124. The molecule has 1 aliphatic carbocycles. The lowest BCUT2D eigenvalue weighted by Gasteiger charge is -2.32. The van der Waals surface area contributed by atoms with Crippen molar-refractivity contribution in [3.63, 3.8) is 0 Å². The van der Waals surface area contributed by atoms with Gasteiger partial charge in [0.05, 0.1) is 6.04 Å². The van der Waals surface area contributed by atoms with E-state index in [0.29, 0.717) is 5.92 Å². The molecule has 1 amide bonds. The van der Waals surface area contributed by atoms with Gasteiger partial charge in [-0.05, 0) is 19.3 Å². The molecular formula is C9H13NO2. The summed E-state index contributed by atoms with van der Waals surface area (Å²) in [6.45, 7) is 3.71. The SMILES string of the molecule is C=CC1NC(=O)O[C@H]2CCC[C@@H]12. The van der Waals surface area contributed by atoms with Crippen molar-refractivity contribution in [2.75, 3.05) is 0 Å². The molecule has 2 rings (SSSR count). The van der Waals surface area contributed by atoms with Crippen molar-refractivity contribution in [3.8, 4) is 0 Å². The zero-order valence-electron chi connectivity index (χ0n) is 6.95. The molecule has 1 heterocycles. The molecule has 1 unspecified atom stereocenters. The predicted octanol–water partition coefficient (Wildman–Crippen LogP) is 1.45. The van der Waals surface area contributed by atoms with Crippen LogP contribution in [0.3, 0.4) is 0 Å². The topological polar surface area (TPSA) is 38.3 Å². The number of fused-ring (bicyclic) bond motifs is 1. The van der Waals surface area contributed by atoms with Gasteiger partial charge in [-0.15, -0.1) is 6.58 Å². The van der Waals surface area contributed by atoms with Crippen molar-refractivity contribution in [3.05, 3.63) is 12.7 Å². The smallest absolute Gasteiger partial charge is 0.407 e. The van der Waals surface area contributed by atoms with Crippen molar-refractivity contribution in [2.24, 2.45) is 5.92 Å². The Bertz CT molecular complexity index is 215. The van der Waals surface area contributed by atoms with E-state index in [-0.39, 0.29) is 18.2 Å². The summed E-state index contributed by atoms with van der Waals surface area (Å²) >= 11 is 0. The fourth-order valence-corrected chi connectivity index (χ4v) is 2.16. The zero-order valence-corrected chi connectivity index (χ0v) is 6.95. The van der Waals surface area contributed by atoms with E-state index in [0.717, 1.165) is 19.3 Å². The van der Waals surface area contributed by atoms with Gasteiger partial charge >= 0.3 is 6.09 Å². The lowest BCUT2D eigenvalue weighted by molar-refractivity contribution is 0.0406. The number of ether oxygens (including phenoxy) is 1. The van der Waals surface area contributed by atoms with Crippen LogP contribution in [0.4, 0.5) is 4.79 Å². The first-order valence-electron chi connectivity index (χ1n) is 4.41. The number of carbonyl (C=O) groups is 1. The second kappa shape index (κ2) is 2.81. The summed E-state index contributed by atoms with van der Waals surface area (Å²) in [5.41, 5.74) is 0. The Balaban J connectivity index is 2.13. The zero-order chi connectivity index (χ0) is 8.55. The van der Waals surface area contributed by atoms with Crippen LogP contribution in [-0.4, -0.2) is 18.2 Å². The van der Waals surface area contributed by atoms with Gasteiger partial charge in [-0.1, -0.05) is 6.08 Å². The third kappa shape index (κ3) is 1.09. The van der Waals surface area contributed by atoms with E-state index in [9.17, 15) is 4.79 Å². The number of hydrogen-bond acceptors (Lipinski definition) is 2. The highest BCUT2D eigenvalue weighted by molar-refractivity contribution is 5.69. The summed E-state index contributed by atoms with van der Waals surface area (Å²) < 4.78 is 5.14. The number of rotatable bonds is 1. The van der Waals surface area contributed by atoms with E-state index in [4.69, 9.17) is 4.74 Å². The van der Waals surface area contributed by atoms with E-state index in [1.807, 2.05) is 6.08 Å². The van der Waals surface area contributed by atoms with Crippen molar-refractivity contribution in [1.82, 2.24) is 5.32 Å². The van der Waals surface area contributed by atoms with Crippen LogP contribution in [0.2, 0.25) is 0 Å². The quantitative estimate of drug-likeness (QED) is 0.600. The monoisotopic (exact) mass is 167 g/mol. The first-order chi connectivity index (χ1) is 5.81. The van der Waals surface area contributed by atoms with E-state index < -0.39 is 0 Å². The number of amides is 1. The molecule has 0 aromatic rings. The fraction of sp³-hybridized carbons (Fsp3) is 0.667. The van der Waals surface area contributed by atoms with Gasteiger partial charge in [-0.25, -0.2) is 4.79 Å². The molecule has 3 heteroatoms. The van der Waals surface area contributed by atoms with Gasteiger partial charge in [0.25, 0.3) is 0 Å². The molecule has 12 heavy (non-hydrogen) atoms. The van der Waals surface area contributed by atoms with Crippen LogP contribution in [-0.2, 0) is 4.74 Å². The highest BCUT2D eigenvalue weighted by atomic mass is 16.6. The fourth-order valence-electron chi connectivity index (χ4n) is 2.16. The van der Waals surface area contributed by atoms with Gasteiger partial charge in [0.1, 0.15) is 6.10 Å². The van der Waals surface area contributed by atoms with Crippen LogP contribution in [0.5, 0.6) is 0 Å². The number of alkyl carbamates (subject to hydrolysis) is 1. The summed E-state index contributed by atoms with van der Waals surface area (Å²) in [4.78, 5) is 11.0. The minimum atomic E-state index is -0.289. The molecular weight excluding hydrogens is 154 g/mol. The highest BCUT2D eigenvalue weighted by Crippen LogP contribution is 2.33. The van der Waals surface area contributed by atoms with Crippen molar-refractivity contribution >= 4 is 6.09 Å². The van der Waals surface area contributed by atoms with Gasteiger partial charge in [-0.3, -0.25) is 0 Å². The Morgan fingerprint density at radius 1 is 1.58 bits per heavy atom. The number of hydrogen-bond donors (Lipinski definition) is 1. The van der Waals surface area contributed by atoms with E-state index in [1.54, 1.807) is 0 Å². The van der Waals surface area contributed by atoms with Crippen LogP contribution in [0.1, 0.15) is 19.3 Å². The third-order valence-electron chi connectivity index (χ3n) is 2.76. The number of nitrogens with one attached hydrogen (secondary N) is 1. The van der Waals surface area contributed by atoms with Gasteiger partial charge < -0.3 is 10.1 Å². The van der Waals surface area contributed by atoms with Crippen LogP contribution in [0.15, 0.2) is 12.7 Å². The second-order valence-electron chi connectivity index (χ2n) is 3.44. The molecule has 0 aromatic heterocycles. The van der Waals surface area contributed by atoms with E-state index >= 15 is 0 Å². The largest absolute Gasteiger partial charge is 0.446 e. The highest BCUT2D eigenvalue weighted by Gasteiger charge is 2.39. The Morgan fingerprint density at radius 3 is 3.17 bits per heavy atom. The minimum Gasteiger partial charge on any atom is -0.446 e. The Morgan fingerprint density at radius 2 is 2.42 bits per heavy atom. The summed E-state index contributed by atoms with van der Waals surface area (Å²) in [7, 11) is 0. The Labute approximate surface area is 71.8 Å². The molecule has 0 radical (unpaired) electrons. The molecule has 2 aliphatic rings. The third-order valence-corrected chi connectivity index (χ3v) is 2.76. The molecule has 0 spiro atoms. The van der Waals surface area contributed by atoms with Crippen LogP contribution in [0, 0.1) is 5.92 Å². The first kappa shape index (κ1) is 7.65. The Kier molecular flexibility index (Phi) is 1.79. The lowest BCUT2D eigenvalue weighted by Crippen LogP contribution is -2.49. The molecule has 1 aliphatic heterocycles. The molecule has 0 aromatic carbocycles. The van der Waals surface area contributed by atoms with Crippen LogP contribution in [0.25, 0.3) is 0 Å². The van der Waals surface area contributed by atoms with Gasteiger partial charge in [0.15, 0.2) is 0 Å². The normalized spacial score (nSPS) is 39.7. The molecule has 1 saturated carbocycles. The average Bonchev–Trinajstić information content (AvgIpc) is 2.50. The van der Waals surface area contributed by atoms with Crippen LogP contribution < -0.4 is 5.32 Å². The Hall–Kier alpha value is -0.990. The first-order valence-corrected chi connectivity index (χ1v) is 4.41. The second-order valence-corrected chi connectivity index (χ2v) is 3.44. The van der Waals surface area contributed by atoms with Crippen LogP contribution >= 0.6 is 0 Å². The van der Waals surface area contributed by atoms with Gasteiger partial charge in [-0.2, -0.15) is 0 Å². The maximum absolute atomic E-state index is 11.0. The summed E-state index contributed by atoms with van der Waals surface area (Å²) in [5.74, 6) is 0.459. The molecule has 66 valence electrons. The summed E-state index contributed by atoms with van der Waals surface area (Å²) in [6.07, 6.45) is 4.98.